The number of nitrogen functional groups attached to an aromatic ring is 1. The van der Waals surface area contributed by atoms with E-state index >= 15 is 0 Å². The number of carbonyl (C=O) groups excluding carboxylic acids is 3. The predicted molar refractivity (Wildman–Crippen MR) is 118 cm³/mol. The number of nitrogens with two attached hydrogens (primary N) is 1. The van der Waals surface area contributed by atoms with Gasteiger partial charge in [0.05, 0.1) is 12.0 Å². The zero-order chi connectivity index (χ0) is 22.4. The lowest BCUT2D eigenvalue weighted by Gasteiger charge is -2.36. The molecular weight excluding hydrogens is 418 g/mol. The summed E-state index contributed by atoms with van der Waals surface area (Å²) in [5, 5.41) is 14.7. The molecule has 2 atom stereocenters. The molecule has 170 valence electrons. The number of hydrogen-bond acceptors (Lipinski definition) is 6. The van der Waals surface area contributed by atoms with E-state index in [1.165, 1.54) is 24.9 Å². The SMILES string of the molecule is COC(=O)NCC(=O)N1C(C2CCCCC2)CC[C@H]1C(=O)NCc1csc(C(=N)N)c1. The van der Waals surface area contributed by atoms with Crippen LogP contribution in [0.3, 0.4) is 0 Å². The van der Waals surface area contributed by atoms with Crippen molar-refractivity contribution in [3.63, 3.8) is 0 Å². The van der Waals surface area contributed by atoms with Crippen LogP contribution in [0.2, 0.25) is 0 Å². The zero-order valence-corrected chi connectivity index (χ0v) is 18.6. The third-order valence-electron chi connectivity index (χ3n) is 6.17. The molecule has 1 aliphatic carbocycles. The molecule has 0 radical (unpaired) electrons. The highest BCUT2D eigenvalue weighted by atomic mass is 32.1. The van der Waals surface area contributed by atoms with Gasteiger partial charge in [0.2, 0.25) is 11.8 Å². The number of nitrogens with zero attached hydrogens (tertiary/aromatic N) is 1. The molecule has 3 amide bonds. The van der Waals surface area contributed by atoms with Crippen LogP contribution in [0.25, 0.3) is 0 Å². The summed E-state index contributed by atoms with van der Waals surface area (Å²) in [5.74, 6) is -0.0551. The van der Waals surface area contributed by atoms with Crippen LogP contribution in [0.15, 0.2) is 11.4 Å². The normalized spacial score (nSPS) is 21.5. The highest BCUT2D eigenvalue weighted by molar-refractivity contribution is 7.12. The number of hydrogen-bond donors (Lipinski definition) is 4. The van der Waals surface area contributed by atoms with E-state index < -0.39 is 12.1 Å². The Balaban J connectivity index is 1.67. The summed E-state index contributed by atoms with van der Waals surface area (Å²) in [6.07, 6.45) is 6.38. The van der Waals surface area contributed by atoms with Crippen molar-refractivity contribution >= 4 is 35.1 Å². The van der Waals surface area contributed by atoms with Crippen molar-refractivity contribution in [2.45, 2.75) is 63.6 Å². The topological polar surface area (TPSA) is 138 Å². The molecule has 5 N–H and O–H groups in total. The molecule has 1 aromatic heterocycles. The summed E-state index contributed by atoms with van der Waals surface area (Å²) in [5.41, 5.74) is 6.37. The quantitative estimate of drug-likeness (QED) is 0.372. The van der Waals surface area contributed by atoms with E-state index in [1.807, 2.05) is 5.38 Å². The fraction of sp³-hybridized carbons (Fsp3) is 0.619. The zero-order valence-electron chi connectivity index (χ0n) is 17.8. The van der Waals surface area contributed by atoms with Gasteiger partial charge in [0, 0.05) is 12.6 Å². The van der Waals surface area contributed by atoms with Gasteiger partial charge in [-0.15, -0.1) is 11.3 Å². The lowest BCUT2D eigenvalue weighted by molar-refractivity contribution is -0.140. The maximum absolute atomic E-state index is 13.0. The molecule has 1 unspecified atom stereocenters. The second kappa shape index (κ2) is 10.6. The van der Waals surface area contributed by atoms with Crippen molar-refractivity contribution < 1.29 is 19.1 Å². The van der Waals surface area contributed by atoms with Gasteiger partial charge in [0.1, 0.15) is 18.4 Å². The fourth-order valence-corrected chi connectivity index (χ4v) is 5.44. The molecule has 3 rings (SSSR count). The molecule has 1 saturated heterocycles. The van der Waals surface area contributed by atoms with Crippen LogP contribution in [-0.4, -0.2) is 54.4 Å². The second-order valence-corrected chi connectivity index (χ2v) is 9.07. The van der Waals surface area contributed by atoms with Crippen LogP contribution >= 0.6 is 11.3 Å². The van der Waals surface area contributed by atoms with Crippen molar-refractivity contribution in [2.24, 2.45) is 11.7 Å². The van der Waals surface area contributed by atoms with Gasteiger partial charge < -0.3 is 26.0 Å². The Kier molecular flexibility index (Phi) is 7.89. The summed E-state index contributed by atoms with van der Waals surface area (Å²) >= 11 is 1.36. The maximum Gasteiger partial charge on any atom is 0.407 e. The smallest absolute Gasteiger partial charge is 0.407 e. The molecule has 31 heavy (non-hydrogen) atoms. The van der Waals surface area contributed by atoms with Crippen molar-refractivity contribution in [1.82, 2.24) is 15.5 Å². The molecule has 2 fully saturated rings. The molecule has 0 bridgehead atoms. The van der Waals surface area contributed by atoms with Crippen molar-refractivity contribution in [2.75, 3.05) is 13.7 Å². The minimum atomic E-state index is -0.665. The first kappa shape index (κ1) is 23.1. The summed E-state index contributed by atoms with van der Waals surface area (Å²) in [7, 11) is 1.25. The van der Waals surface area contributed by atoms with Crippen LogP contribution in [0.5, 0.6) is 0 Å². The van der Waals surface area contributed by atoms with Crippen LogP contribution < -0.4 is 16.4 Å². The molecule has 9 nitrogen and oxygen atoms in total. The molecular formula is C21H31N5O4S. The van der Waals surface area contributed by atoms with Crippen LogP contribution in [0, 0.1) is 11.3 Å². The number of methoxy groups -OCH3 is 1. The Morgan fingerprint density at radius 3 is 2.58 bits per heavy atom. The number of ether oxygens (including phenoxy) is 1. The molecule has 1 saturated carbocycles. The summed E-state index contributed by atoms with van der Waals surface area (Å²) in [6.45, 7) is 0.127. The Labute approximate surface area is 186 Å². The van der Waals surface area contributed by atoms with Gasteiger partial charge in [-0.2, -0.15) is 0 Å². The second-order valence-electron chi connectivity index (χ2n) is 8.16. The number of alkyl carbamates (subject to hydrolysis) is 1. The van der Waals surface area contributed by atoms with Crippen molar-refractivity contribution in [3.05, 3.63) is 21.9 Å². The van der Waals surface area contributed by atoms with Gasteiger partial charge >= 0.3 is 6.09 Å². The van der Waals surface area contributed by atoms with Crippen LogP contribution in [-0.2, 0) is 20.9 Å². The summed E-state index contributed by atoms with van der Waals surface area (Å²) < 4.78 is 4.56. The maximum atomic E-state index is 13.0. The molecule has 0 aromatic carbocycles. The van der Waals surface area contributed by atoms with E-state index in [0.717, 1.165) is 37.7 Å². The van der Waals surface area contributed by atoms with E-state index in [4.69, 9.17) is 11.1 Å². The van der Waals surface area contributed by atoms with E-state index in [9.17, 15) is 14.4 Å². The Hall–Kier alpha value is -2.62. The first-order chi connectivity index (χ1) is 14.9. The van der Waals surface area contributed by atoms with Crippen LogP contribution in [0.4, 0.5) is 4.79 Å². The third-order valence-corrected chi connectivity index (χ3v) is 7.18. The Morgan fingerprint density at radius 2 is 1.94 bits per heavy atom. The first-order valence-corrected chi connectivity index (χ1v) is 11.6. The first-order valence-electron chi connectivity index (χ1n) is 10.7. The fourth-order valence-electron chi connectivity index (χ4n) is 4.66. The van der Waals surface area contributed by atoms with Gasteiger partial charge in [0.25, 0.3) is 0 Å². The van der Waals surface area contributed by atoms with Crippen LogP contribution in [0.1, 0.15) is 55.4 Å². The highest BCUT2D eigenvalue weighted by Crippen LogP contribution is 2.37. The third kappa shape index (κ3) is 5.75. The lowest BCUT2D eigenvalue weighted by atomic mass is 9.83. The molecule has 2 aliphatic rings. The van der Waals surface area contributed by atoms with Gasteiger partial charge in [-0.25, -0.2) is 4.79 Å². The number of carbonyl (C=O) groups is 3. The number of amidine groups is 1. The number of thiophene rings is 1. The minimum absolute atomic E-state index is 0.00331. The molecule has 1 aliphatic heterocycles. The average Bonchev–Trinajstić information content (AvgIpc) is 3.43. The van der Waals surface area contributed by atoms with E-state index in [2.05, 4.69) is 15.4 Å². The molecule has 0 spiro atoms. The molecule has 10 heteroatoms. The number of rotatable bonds is 7. The predicted octanol–water partition coefficient (Wildman–Crippen LogP) is 1.94. The Bertz CT molecular complexity index is 820. The van der Waals surface area contributed by atoms with Gasteiger partial charge in [-0.3, -0.25) is 15.0 Å². The molecule has 1 aromatic rings. The molecule has 2 heterocycles. The summed E-state index contributed by atoms with van der Waals surface area (Å²) in [4.78, 5) is 39.8. The standard InChI is InChI=1S/C21H31N5O4S/c1-30-21(29)25-11-18(27)26-15(14-5-3-2-4-6-14)7-8-16(26)20(28)24-10-13-9-17(19(22)23)31-12-13/h9,12,14-16H,2-8,10-11H2,1H3,(H3,22,23)(H,24,28)(H,25,29)/t15?,16-/m0/s1. The lowest BCUT2D eigenvalue weighted by Crippen LogP contribution is -2.53. The van der Waals surface area contributed by atoms with E-state index in [0.29, 0.717) is 23.8 Å². The van der Waals surface area contributed by atoms with Gasteiger partial charge in [-0.1, -0.05) is 19.3 Å². The number of likely N-dealkylation sites (tertiary alicyclic amines) is 1. The van der Waals surface area contributed by atoms with E-state index in [1.54, 1.807) is 11.0 Å². The largest absolute Gasteiger partial charge is 0.453 e. The van der Waals surface area contributed by atoms with E-state index in [-0.39, 0.29) is 30.2 Å². The number of amides is 3. The highest BCUT2D eigenvalue weighted by Gasteiger charge is 2.43. The van der Waals surface area contributed by atoms with Gasteiger partial charge in [0.15, 0.2) is 0 Å². The minimum Gasteiger partial charge on any atom is -0.453 e. The summed E-state index contributed by atoms with van der Waals surface area (Å²) in [6, 6.07) is 1.26. The van der Waals surface area contributed by atoms with Gasteiger partial charge in [-0.05, 0) is 48.6 Å². The van der Waals surface area contributed by atoms with Crippen molar-refractivity contribution in [3.8, 4) is 0 Å². The Morgan fingerprint density at radius 1 is 1.19 bits per heavy atom. The monoisotopic (exact) mass is 449 g/mol. The van der Waals surface area contributed by atoms with Crippen molar-refractivity contribution in [1.29, 1.82) is 5.41 Å². The number of nitrogens with one attached hydrogen (secondary N) is 3. The average molecular weight is 450 g/mol.